The van der Waals surface area contributed by atoms with E-state index in [1.165, 1.54) is 12.8 Å². The minimum atomic E-state index is -0.594. The molecule has 96 valence electrons. The van der Waals surface area contributed by atoms with E-state index < -0.39 is 5.60 Å². The van der Waals surface area contributed by atoms with E-state index in [4.69, 9.17) is 4.74 Å². The van der Waals surface area contributed by atoms with Gasteiger partial charge in [0.15, 0.2) is 0 Å². The van der Waals surface area contributed by atoms with Crippen molar-refractivity contribution in [3.8, 4) is 0 Å². The standard InChI is InChI=1S/C13H27NO2/c1-11(2)8-13(3,15)10-14-9-12-6-4-5-7-16-12/h11-12,14-15H,4-10H2,1-3H3. The van der Waals surface area contributed by atoms with Crippen molar-refractivity contribution in [2.75, 3.05) is 19.7 Å². The molecule has 1 heterocycles. The molecule has 3 nitrogen and oxygen atoms in total. The van der Waals surface area contributed by atoms with E-state index in [1.807, 2.05) is 6.92 Å². The molecule has 0 bridgehead atoms. The molecular weight excluding hydrogens is 202 g/mol. The summed E-state index contributed by atoms with van der Waals surface area (Å²) in [5.74, 6) is 0.530. The first-order valence-corrected chi connectivity index (χ1v) is 6.54. The second kappa shape index (κ2) is 6.58. The monoisotopic (exact) mass is 229 g/mol. The van der Waals surface area contributed by atoms with E-state index in [2.05, 4.69) is 19.2 Å². The minimum Gasteiger partial charge on any atom is -0.389 e. The Morgan fingerprint density at radius 3 is 2.75 bits per heavy atom. The quantitative estimate of drug-likeness (QED) is 0.731. The van der Waals surface area contributed by atoms with Gasteiger partial charge < -0.3 is 15.2 Å². The first kappa shape index (κ1) is 13.9. The molecule has 0 spiro atoms. The van der Waals surface area contributed by atoms with Crippen LogP contribution in [0.3, 0.4) is 0 Å². The molecule has 0 aromatic rings. The van der Waals surface area contributed by atoms with Gasteiger partial charge in [0.2, 0.25) is 0 Å². The summed E-state index contributed by atoms with van der Waals surface area (Å²) >= 11 is 0. The zero-order valence-electron chi connectivity index (χ0n) is 11.0. The third-order valence-electron chi connectivity index (χ3n) is 3.00. The van der Waals surface area contributed by atoms with Crippen molar-refractivity contribution in [1.82, 2.24) is 5.32 Å². The summed E-state index contributed by atoms with van der Waals surface area (Å²) in [7, 11) is 0. The fraction of sp³-hybridized carbons (Fsp3) is 1.00. The molecule has 0 aliphatic carbocycles. The third-order valence-corrected chi connectivity index (χ3v) is 3.00. The molecule has 0 aromatic carbocycles. The van der Waals surface area contributed by atoms with Gasteiger partial charge in [0.25, 0.3) is 0 Å². The van der Waals surface area contributed by atoms with E-state index in [0.717, 1.165) is 26.0 Å². The molecule has 0 saturated carbocycles. The lowest BCUT2D eigenvalue weighted by Crippen LogP contribution is -2.42. The maximum absolute atomic E-state index is 10.1. The zero-order chi connectivity index (χ0) is 12.0. The van der Waals surface area contributed by atoms with Crippen LogP contribution in [0.5, 0.6) is 0 Å². The molecule has 1 fully saturated rings. The Hall–Kier alpha value is -0.120. The Bertz CT molecular complexity index is 186. The Kier molecular flexibility index (Phi) is 5.73. The number of ether oxygens (including phenoxy) is 1. The summed E-state index contributed by atoms with van der Waals surface area (Å²) in [6, 6.07) is 0. The van der Waals surface area contributed by atoms with Gasteiger partial charge in [0.1, 0.15) is 0 Å². The molecule has 1 aliphatic heterocycles. The predicted molar refractivity (Wildman–Crippen MR) is 66.5 cm³/mol. The van der Waals surface area contributed by atoms with Gasteiger partial charge in [-0.3, -0.25) is 0 Å². The lowest BCUT2D eigenvalue weighted by molar-refractivity contribution is 0.00542. The number of hydrogen-bond acceptors (Lipinski definition) is 3. The average molecular weight is 229 g/mol. The first-order valence-electron chi connectivity index (χ1n) is 6.54. The van der Waals surface area contributed by atoms with Crippen LogP contribution in [0.25, 0.3) is 0 Å². The second-order valence-corrected chi connectivity index (χ2v) is 5.71. The van der Waals surface area contributed by atoms with Crippen molar-refractivity contribution in [3.05, 3.63) is 0 Å². The van der Waals surface area contributed by atoms with Gasteiger partial charge in [0, 0.05) is 19.7 Å². The third kappa shape index (κ3) is 5.83. The summed E-state index contributed by atoms with van der Waals surface area (Å²) in [6.45, 7) is 8.60. The summed E-state index contributed by atoms with van der Waals surface area (Å²) in [5, 5.41) is 13.4. The molecule has 1 rings (SSSR count). The SMILES string of the molecule is CC(C)CC(C)(O)CNCC1CCCCO1. The number of aliphatic hydroxyl groups is 1. The molecule has 1 saturated heterocycles. The van der Waals surface area contributed by atoms with E-state index in [9.17, 15) is 5.11 Å². The Balaban J connectivity index is 2.13. The molecule has 0 radical (unpaired) electrons. The van der Waals surface area contributed by atoms with E-state index in [-0.39, 0.29) is 0 Å². The van der Waals surface area contributed by atoms with Crippen molar-refractivity contribution in [2.24, 2.45) is 5.92 Å². The van der Waals surface area contributed by atoms with Gasteiger partial charge in [-0.05, 0) is 38.5 Å². The normalized spacial score (nSPS) is 25.7. The highest BCUT2D eigenvalue weighted by atomic mass is 16.5. The van der Waals surface area contributed by atoms with Crippen LogP contribution < -0.4 is 5.32 Å². The highest BCUT2D eigenvalue weighted by molar-refractivity contribution is 4.78. The summed E-state index contributed by atoms with van der Waals surface area (Å²) in [5.41, 5.74) is -0.594. The van der Waals surface area contributed by atoms with Crippen molar-refractivity contribution < 1.29 is 9.84 Å². The largest absolute Gasteiger partial charge is 0.389 e. The maximum atomic E-state index is 10.1. The van der Waals surface area contributed by atoms with Crippen molar-refractivity contribution in [1.29, 1.82) is 0 Å². The second-order valence-electron chi connectivity index (χ2n) is 5.71. The van der Waals surface area contributed by atoms with Gasteiger partial charge in [0.05, 0.1) is 11.7 Å². The van der Waals surface area contributed by atoms with Gasteiger partial charge in [-0.15, -0.1) is 0 Å². The first-order chi connectivity index (χ1) is 7.49. The van der Waals surface area contributed by atoms with Crippen molar-refractivity contribution >= 4 is 0 Å². The fourth-order valence-electron chi connectivity index (χ4n) is 2.42. The smallest absolute Gasteiger partial charge is 0.0746 e. The molecule has 1 aliphatic rings. The fourth-order valence-corrected chi connectivity index (χ4v) is 2.42. The van der Waals surface area contributed by atoms with E-state index in [0.29, 0.717) is 18.6 Å². The molecule has 2 atom stereocenters. The topological polar surface area (TPSA) is 41.5 Å². The summed E-state index contributed by atoms with van der Waals surface area (Å²) in [4.78, 5) is 0. The lowest BCUT2D eigenvalue weighted by Gasteiger charge is -2.28. The van der Waals surface area contributed by atoms with Crippen LogP contribution in [0.15, 0.2) is 0 Å². The van der Waals surface area contributed by atoms with Crippen LogP contribution in [0.1, 0.15) is 46.5 Å². The van der Waals surface area contributed by atoms with Crippen LogP contribution in [0.4, 0.5) is 0 Å². The van der Waals surface area contributed by atoms with Crippen LogP contribution in [0.2, 0.25) is 0 Å². The summed E-state index contributed by atoms with van der Waals surface area (Å²) < 4.78 is 5.63. The zero-order valence-corrected chi connectivity index (χ0v) is 11.0. The highest BCUT2D eigenvalue weighted by Crippen LogP contribution is 2.16. The van der Waals surface area contributed by atoms with Crippen molar-refractivity contribution in [3.63, 3.8) is 0 Å². The van der Waals surface area contributed by atoms with E-state index >= 15 is 0 Å². The average Bonchev–Trinajstić information content (AvgIpc) is 2.16. The van der Waals surface area contributed by atoms with Crippen LogP contribution >= 0.6 is 0 Å². The molecular formula is C13H27NO2. The predicted octanol–water partition coefficient (Wildman–Crippen LogP) is 1.94. The molecule has 3 heteroatoms. The maximum Gasteiger partial charge on any atom is 0.0746 e. The van der Waals surface area contributed by atoms with Crippen LogP contribution in [0, 0.1) is 5.92 Å². The summed E-state index contributed by atoms with van der Waals surface area (Å²) in [6.07, 6.45) is 4.81. The van der Waals surface area contributed by atoms with Gasteiger partial charge in [-0.1, -0.05) is 13.8 Å². The van der Waals surface area contributed by atoms with Gasteiger partial charge in [-0.2, -0.15) is 0 Å². The number of rotatable bonds is 6. The molecule has 2 unspecified atom stereocenters. The molecule has 2 N–H and O–H groups in total. The van der Waals surface area contributed by atoms with Crippen molar-refractivity contribution in [2.45, 2.75) is 58.2 Å². The van der Waals surface area contributed by atoms with Gasteiger partial charge in [-0.25, -0.2) is 0 Å². The highest BCUT2D eigenvalue weighted by Gasteiger charge is 2.22. The molecule has 0 amide bonds. The number of nitrogens with one attached hydrogen (secondary N) is 1. The Morgan fingerprint density at radius 1 is 1.44 bits per heavy atom. The van der Waals surface area contributed by atoms with Crippen LogP contribution in [-0.2, 0) is 4.74 Å². The number of hydrogen-bond donors (Lipinski definition) is 2. The van der Waals surface area contributed by atoms with E-state index in [1.54, 1.807) is 0 Å². The van der Waals surface area contributed by atoms with Crippen LogP contribution in [-0.4, -0.2) is 36.5 Å². The minimum absolute atomic E-state index is 0.351. The van der Waals surface area contributed by atoms with Gasteiger partial charge >= 0.3 is 0 Å². The Labute approximate surface area is 99.6 Å². The molecule has 16 heavy (non-hydrogen) atoms. The Morgan fingerprint density at radius 2 is 2.19 bits per heavy atom. The lowest BCUT2D eigenvalue weighted by atomic mass is 9.94. The molecule has 0 aromatic heterocycles.